The Hall–Kier alpha value is -0.0300. The fourth-order valence-corrected chi connectivity index (χ4v) is 3.47. The molecule has 1 atom stereocenters. The third-order valence-electron chi connectivity index (χ3n) is 5.04. The molecule has 2 fully saturated rings. The Morgan fingerprint density at radius 3 is 2.36 bits per heavy atom. The molecule has 6 heteroatoms. The van der Waals surface area contributed by atoms with Gasteiger partial charge in [0.15, 0.2) is 0 Å². The third kappa shape index (κ3) is 6.23. The van der Waals surface area contributed by atoms with Gasteiger partial charge < -0.3 is 15.1 Å². The average molecular weight is 354 g/mol. The number of carbonyl (C=O) groups is 1. The van der Waals surface area contributed by atoms with Crippen molar-refractivity contribution in [3.8, 4) is 0 Å². The summed E-state index contributed by atoms with van der Waals surface area (Å²) in [6.07, 6.45) is 6.48. The van der Waals surface area contributed by atoms with E-state index in [0.717, 1.165) is 38.9 Å². The van der Waals surface area contributed by atoms with Crippen molar-refractivity contribution in [2.24, 2.45) is 0 Å². The van der Waals surface area contributed by atoms with E-state index in [-0.39, 0.29) is 24.8 Å². The van der Waals surface area contributed by atoms with Crippen LogP contribution in [0.5, 0.6) is 0 Å². The number of hydrogen-bond acceptors (Lipinski definition) is 3. The summed E-state index contributed by atoms with van der Waals surface area (Å²) in [6.45, 7) is 7.89. The minimum atomic E-state index is 0. The van der Waals surface area contributed by atoms with Gasteiger partial charge in [0, 0.05) is 44.7 Å². The Bertz CT molecular complexity index is 315. The molecule has 2 rings (SSSR count). The number of likely N-dealkylation sites (tertiary alicyclic amines) is 1. The zero-order valence-electron chi connectivity index (χ0n) is 14.2. The molecule has 1 N–H and O–H groups in total. The van der Waals surface area contributed by atoms with Crippen molar-refractivity contribution in [3.05, 3.63) is 0 Å². The van der Waals surface area contributed by atoms with Gasteiger partial charge in [0.2, 0.25) is 5.91 Å². The third-order valence-corrected chi connectivity index (χ3v) is 5.04. The zero-order chi connectivity index (χ0) is 14.5. The maximum absolute atomic E-state index is 12.3. The van der Waals surface area contributed by atoms with Crippen molar-refractivity contribution in [2.45, 2.75) is 70.5 Å². The van der Waals surface area contributed by atoms with Crippen molar-refractivity contribution in [3.63, 3.8) is 0 Å². The molecule has 1 unspecified atom stereocenters. The van der Waals surface area contributed by atoms with Crippen LogP contribution in [0.2, 0.25) is 0 Å². The summed E-state index contributed by atoms with van der Waals surface area (Å²) in [4.78, 5) is 16.8. The molecule has 0 saturated carbocycles. The van der Waals surface area contributed by atoms with Gasteiger partial charge in [0.25, 0.3) is 0 Å². The van der Waals surface area contributed by atoms with Crippen LogP contribution < -0.4 is 5.32 Å². The lowest BCUT2D eigenvalue weighted by atomic mass is 10.0. The molecule has 0 spiro atoms. The first kappa shape index (κ1) is 22.0. The van der Waals surface area contributed by atoms with Crippen LogP contribution in [0.15, 0.2) is 0 Å². The summed E-state index contributed by atoms with van der Waals surface area (Å²) in [6, 6.07) is 1.66. The van der Waals surface area contributed by atoms with Crippen LogP contribution in [0.1, 0.15) is 52.4 Å². The van der Waals surface area contributed by atoms with Gasteiger partial charge in [0.1, 0.15) is 0 Å². The van der Waals surface area contributed by atoms with Gasteiger partial charge in [-0.3, -0.25) is 4.79 Å². The summed E-state index contributed by atoms with van der Waals surface area (Å²) in [5, 5.41) is 3.47. The lowest BCUT2D eigenvalue weighted by Crippen LogP contribution is -2.47. The number of carbonyl (C=O) groups excluding carboxylic acids is 1. The smallest absolute Gasteiger partial charge is 0.222 e. The Balaban J connectivity index is 0.00000220. The van der Waals surface area contributed by atoms with Crippen LogP contribution in [0.3, 0.4) is 0 Å². The summed E-state index contributed by atoms with van der Waals surface area (Å²) >= 11 is 0. The number of amides is 1. The van der Waals surface area contributed by atoms with Gasteiger partial charge in [0.05, 0.1) is 0 Å². The topological polar surface area (TPSA) is 35.6 Å². The van der Waals surface area contributed by atoms with Gasteiger partial charge in [-0.15, -0.1) is 24.8 Å². The van der Waals surface area contributed by atoms with E-state index < -0.39 is 0 Å². The summed E-state index contributed by atoms with van der Waals surface area (Å²) in [5.41, 5.74) is 0. The molecule has 132 valence electrons. The second kappa shape index (κ2) is 10.7. The van der Waals surface area contributed by atoms with Crippen molar-refractivity contribution < 1.29 is 4.79 Å². The Labute approximate surface area is 148 Å². The monoisotopic (exact) mass is 353 g/mol. The largest absolute Gasteiger partial charge is 0.343 e. The molecule has 0 aromatic rings. The van der Waals surface area contributed by atoms with Crippen molar-refractivity contribution >= 4 is 30.7 Å². The van der Waals surface area contributed by atoms with Crippen molar-refractivity contribution in [1.29, 1.82) is 0 Å². The predicted octanol–water partition coefficient (Wildman–Crippen LogP) is 2.69. The average Bonchev–Trinajstić information content (AvgIpc) is 2.97. The highest BCUT2D eigenvalue weighted by atomic mass is 35.5. The van der Waals surface area contributed by atoms with Gasteiger partial charge in [-0.1, -0.05) is 0 Å². The summed E-state index contributed by atoms with van der Waals surface area (Å²) in [7, 11) is 2.00. The molecule has 4 nitrogen and oxygen atoms in total. The fourth-order valence-electron chi connectivity index (χ4n) is 3.47. The molecular formula is C16H33Cl2N3O. The predicted molar refractivity (Wildman–Crippen MR) is 97.3 cm³/mol. The Morgan fingerprint density at radius 2 is 1.86 bits per heavy atom. The molecule has 0 bridgehead atoms. The van der Waals surface area contributed by atoms with Crippen LogP contribution in [0, 0.1) is 0 Å². The molecule has 0 aromatic carbocycles. The molecule has 2 heterocycles. The highest BCUT2D eigenvalue weighted by Crippen LogP contribution is 2.19. The second-order valence-corrected chi connectivity index (χ2v) is 6.70. The SMILES string of the molecule is CC(C)N1CCC(N(C)C(=O)CCC2CCCN2)CC1.Cl.Cl. The van der Waals surface area contributed by atoms with Crippen LogP contribution in [0.4, 0.5) is 0 Å². The van der Waals surface area contributed by atoms with E-state index in [4.69, 9.17) is 0 Å². The van der Waals surface area contributed by atoms with E-state index in [1.807, 2.05) is 11.9 Å². The Morgan fingerprint density at radius 1 is 1.23 bits per heavy atom. The van der Waals surface area contributed by atoms with E-state index in [1.54, 1.807) is 0 Å². The number of hydrogen-bond donors (Lipinski definition) is 1. The van der Waals surface area contributed by atoms with Crippen LogP contribution >= 0.6 is 24.8 Å². The van der Waals surface area contributed by atoms with Crippen LogP contribution in [0.25, 0.3) is 0 Å². The molecule has 0 aliphatic carbocycles. The van der Waals surface area contributed by atoms with Crippen molar-refractivity contribution in [2.75, 3.05) is 26.7 Å². The van der Waals surface area contributed by atoms with E-state index in [0.29, 0.717) is 30.5 Å². The first-order valence-electron chi connectivity index (χ1n) is 8.31. The lowest BCUT2D eigenvalue weighted by molar-refractivity contribution is -0.133. The molecule has 0 radical (unpaired) electrons. The van der Waals surface area contributed by atoms with E-state index in [1.165, 1.54) is 12.8 Å². The van der Waals surface area contributed by atoms with E-state index >= 15 is 0 Å². The van der Waals surface area contributed by atoms with Gasteiger partial charge in [-0.25, -0.2) is 0 Å². The molecular weight excluding hydrogens is 321 g/mol. The standard InChI is InChI=1S/C16H31N3O.2ClH/c1-13(2)19-11-8-15(9-12-19)18(3)16(20)7-6-14-5-4-10-17-14;;/h13-15,17H,4-12H2,1-3H3;2*1H. The molecule has 22 heavy (non-hydrogen) atoms. The van der Waals surface area contributed by atoms with Crippen LogP contribution in [-0.2, 0) is 4.79 Å². The maximum atomic E-state index is 12.3. The first-order chi connectivity index (χ1) is 9.58. The Kier molecular flexibility index (Phi) is 10.7. The number of halogens is 2. The maximum Gasteiger partial charge on any atom is 0.222 e. The first-order valence-corrected chi connectivity index (χ1v) is 8.31. The van der Waals surface area contributed by atoms with Gasteiger partial charge in [-0.2, -0.15) is 0 Å². The van der Waals surface area contributed by atoms with Crippen molar-refractivity contribution in [1.82, 2.24) is 15.1 Å². The second-order valence-electron chi connectivity index (χ2n) is 6.70. The van der Waals surface area contributed by atoms with E-state index in [2.05, 4.69) is 24.1 Å². The molecule has 0 aromatic heterocycles. The number of piperidine rings is 1. The fraction of sp³-hybridized carbons (Fsp3) is 0.938. The number of nitrogens with zero attached hydrogens (tertiary/aromatic N) is 2. The minimum Gasteiger partial charge on any atom is -0.343 e. The number of rotatable bonds is 5. The van der Waals surface area contributed by atoms with Gasteiger partial charge >= 0.3 is 0 Å². The molecule has 2 aliphatic rings. The van der Waals surface area contributed by atoms with Gasteiger partial charge in [-0.05, 0) is 52.5 Å². The highest BCUT2D eigenvalue weighted by Gasteiger charge is 2.26. The zero-order valence-corrected chi connectivity index (χ0v) is 15.8. The molecule has 1 amide bonds. The molecule has 2 aliphatic heterocycles. The highest BCUT2D eigenvalue weighted by molar-refractivity contribution is 5.85. The lowest BCUT2D eigenvalue weighted by Gasteiger charge is -2.38. The summed E-state index contributed by atoms with van der Waals surface area (Å²) in [5.74, 6) is 0.335. The quantitative estimate of drug-likeness (QED) is 0.825. The molecule has 2 saturated heterocycles. The normalized spacial score (nSPS) is 23.0. The summed E-state index contributed by atoms with van der Waals surface area (Å²) < 4.78 is 0. The van der Waals surface area contributed by atoms with Crippen LogP contribution in [-0.4, -0.2) is 60.5 Å². The van der Waals surface area contributed by atoms with E-state index in [9.17, 15) is 4.79 Å². The number of nitrogens with one attached hydrogen (secondary N) is 1. The minimum absolute atomic E-state index is 0.